The Morgan fingerprint density at radius 1 is 1.40 bits per heavy atom. The van der Waals surface area contributed by atoms with E-state index in [0.717, 1.165) is 16.6 Å². The number of hydrogen-bond donors (Lipinski definition) is 1. The van der Waals surface area contributed by atoms with Crippen molar-refractivity contribution >= 4 is 27.0 Å². The molecule has 0 spiro atoms. The first-order valence-corrected chi connectivity index (χ1v) is 5.55. The molecule has 2 rings (SSSR count). The van der Waals surface area contributed by atoms with Crippen molar-refractivity contribution in [3.05, 3.63) is 38.7 Å². The molecule has 0 radical (unpaired) electrons. The Morgan fingerprint density at radius 3 is 2.80 bits per heavy atom. The van der Waals surface area contributed by atoms with Gasteiger partial charge in [-0.25, -0.2) is 0 Å². The number of pyridine rings is 2. The minimum absolute atomic E-state index is 0.120. The number of fused-ring (bicyclic) bond motifs is 1. The van der Waals surface area contributed by atoms with Gasteiger partial charge in [0.2, 0.25) is 0 Å². The minimum Gasteiger partial charge on any atom is -0.320 e. The van der Waals surface area contributed by atoms with Crippen molar-refractivity contribution in [2.24, 2.45) is 0 Å². The lowest BCUT2D eigenvalue weighted by Crippen LogP contribution is -2.06. The molecule has 0 aliphatic heterocycles. The Labute approximate surface area is 95.7 Å². The molecule has 0 atom stereocenters. The van der Waals surface area contributed by atoms with Crippen molar-refractivity contribution in [3.63, 3.8) is 0 Å². The number of hydrogen-bond acceptors (Lipinski definition) is 2. The summed E-state index contributed by atoms with van der Waals surface area (Å²) in [5, 5.41) is 0. The van der Waals surface area contributed by atoms with E-state index in [1.807, 2.05) is 12.3 Å². The van der Waals surface area contributed by atoms with Crippen LogP contribution < -0.4 is 5.56 Å². The molecule has 0 aliphatic rings. The second kappa shape index (κ2) is 3.77. The zero-order valence-corrected chi connectivity index (χ0v) is 10.1. The van der Waals surface area contributed by atoms with E-state index in [1.165, 1.54) is 0 Å². The number of H-pyrrole nitrogens is 1. The van der Waals surface area contributed by atoms with E-state index in [1.54, 1.807) is 6.07 Å². The standard InChI is InChI=1S/C11H11BrN2O/c1-6(2)7-3-10-9(13-5-7)4-8(12)11(15)14-10/h3-6H,1-2H3,(H,14,15). The number of rotatable bonds is 1. The molecule has 78 valence electrons. The second-order valence-corrected chi connectivity index (χ2v) is 4.66. The minimum atomic E-state index is -0.120. The molecule has 0 saturated heterocycles. The lowest BCUT2D eigenvalue weighted by molar-refractivity contribution is 0.861. The number of aromatic amines is 1. The van der Waals surface area contributed by atoms with Crippen LogP contribution in [0.3, 0.4) is 0 Å². The topological polar surface area (TPSA) is 45.8 Å². The monoisotopic (exact) mass is 266 g/mol. The van der Waals surface area contributed by atoms with Gasteiger partial charge in [-0.3, -0.25) is 9.78 Å². The molecule has 0 unspecified atom stereocenters. The first-order chi connectivity index (χ1) is 7.08. The third-order valence-corrected chi connectivity index (χ3v) is 2.92. The van der Waals surface area contributed by atoms with Crippen LogP contribution in [0, 0.1) is 0 Å². The van der Waals surface area contributed by atoms with Crippen LogP contribution in [-0.4, -0.2) is 9.97 Å². The zero-order chi connectivity index (χ0) is 11.0. The Hall–Kier alpha value is -1.16. The summed E-state index contributed by atoms with van der Waals surface area (Å²) in [6, 6.07) is 3.71. The van der Waals surface area contributed by atoms with E-state index >= 15 is 0 Å². The molecule has 4 heteroatoms. The van der Waals surface area contributed by atoms with Crippen molar-refractivity contribution in [3.8, 4) is 0 Å². The summed E-state index contributed by atoms with van der Waals surface area (Å²) in [7, 11) is 0. The van der Waals surface area contributed by atoms with Crippen LogP contribution in [0.1, 0.15) is 25.3 Å². The number of halogens is 1. The van der Waals surface area contributed by atoms with Crippen LogP contribution in [0.25, 0.3) is 11.0 Å². The van der Waals surface area contributed by atoms with Crippen LogP contribution in [0.5, 0.6) is 0 Å². The van der Waals surface area contributed by atoms with E-state index in [9.17, 15) is 4.79 Å². The lowest BCUT2D eigenvalue weighted by Gasteiger charge is -2.05. The smallest absolute Gasteiger partial charge is 0.262 e. The highest BCUT2D eigenvalue weighted by Gasteiger charge is 2.04. The van der Waals surface area contributed by atoms with Gasteiger partial charge in [0.05, 0.1) is 15.5 Å². The first kappa shape index (κ1) is 10.4. The van der Waals surface area contributed by atoms with Gasteiger partial charge in [-0.15, -0.1) is 0 Å². The first-order valence-electron chi connectivity index (χ1n) is 4.76. The molecular weight excluding hydrogens is 256 g/mol. The fraction of sp³-hybridized carbons (Fsp3) is 0.273. The molecule has 0 amide bonds. The predicted molar refractivity (Wildman–Crippen MR) is 64.2 cm³/mol. The Bertz CT molecular complexity index is 560. The normalized spacial score (nSPS) is 11.2. The second-order valence-electron chi connectivity index (χ2n) is 3.80. The van der Waals surface area contributed by atoms with Gasteiger partial charge in [0.25, 0.3) is 5.56 Å². The molecule has 0 bridgehead atoms. The molecule has 2 aromatic rings. The Balaban J connectivity index is 2.72. The van der Waals surface area contributed by atoms with Gasteiger partial charge in [0.15, 0.2) is 0 Å². The lowest BCUT2D eigenvalue weighted by atomic mass is 10.1. The third kappa shape index (κ3) is 1.95. The molecule has 0 saturated carbocycles. The van der Waals surface area contributed by atoms with Crippen LogP contribution in [0.4, 0.5) is 0 Å². The van der Waals surface area contributed by atoms with Crippen molar-refractivity contribution in [1.29, 1.82) is 0 Å². The third-order valence-electron chi connectivity index (χ3n) is 2.33. The largest absolute Gasteiger partial charge is 0.320 e. The molecule has 0 aliphatic carbocycles. The van der Waals surface area contributed by atoms with Gasteiger partial charge >= 0.3 is 0 Å². The van der Waals surface area contributed by atoms with Crippen molar-refractivity contribution in [1.82, 2.24) is 9.97 Å². The van der Waals surface area contributed by atoms with E-state index < -0.39 is 0 Å². The summed E-state index contributed by atoms with van der Waals surface area (Å²) in [5.74, 6) is 0.411. The molecule has 0 aromatic carbocycles. The summed E-state index contributed by atoms with van der Waals surface area (Å²) < 4.78 is 0.514. The van der Waals surface area contributed by atoms with Gasteiger partial charge < -0.3 is 4.98 Å². The van der Waals surface area contributed by atoms with Crippen molar-refractivity contribution in [2.45, 2.75) is 19.8 Å². The van der Waals surface area contributed by atoms with Gasteiger partial charge in [-0.1, -0.05) is 13.8 Å². The summed E-state index contributed by atoms with van der Waals surface area (Å²) in [5.41, 5.74) is 2.59. The molecule has 2 heterocycles. The molecule has 15 heavy (non-hydrogen) atoms. The van der Waals surface area contributed by atoms with Crippen LogP contribution in [-0.2, 0) is 0 Å². The van der Waals surface area contributed by atoms with Gasteiger partial charge in [0, 0.05) is 6.20 Å². The highest BCUT2D eigenvalue weighted by Crippen LogP contribution is 2.18. The van der Waals surface area contributed by atoms with E-state index in [-0.39, 0.29) is 5.56 Å². The maximum atomic E-state index is 11.4. The number of nitrogens with zero attached hydrogens (tertiary/aromatic N) is 1. The molecule has 0 fully saturated rings. The highest BCUT2D eigenvalue weighted by atomic mass is 79.9. The Morgan fingerprint density at radius 2 is 2.13 bits per heavy atom. The summed E-state index contributed by atoms with van der Waals surface area (Å²) in [4.78, 5) is 18.5. The van der Waals surface area contributed by atoms with Gasteiger partial charge in [0.1, 0.15) is 0 Å². The van der Waals surface area contributed by atoms with E-state index in [2.05, 4.69) is 39.7 Å². The molecule has 3 nitrogen and oxygen atoms in total. The predicted octanol–water partition coefficient (Wildman–Crippen LogP) is 2.81. The van der Waals surface area contributed by atoms with Crippen LogP contribution in [0.15, 0.2) is 27.6 Å². The molecular formula is C11H11BrN2O. The molecule has 1 N–H and O–H groups in total. The summed E-state index contributed by atoms with van der Waals surface area (Å²) >= 11 is 3.18. The molecule has 2 aromatic heterocycles. The highest BCUT2D eigenvalue weighted by molar-refractivity contribution is 9.10. The van der Waals surface area contributed by atoms with Gasteiger partial charge in [-0.05, 0) is 39.5 Å². The maximum absolute atomic E-state index is 11.4. The summed E-state index contributed by atoms with van der Waals surface area (Å²) in [6.07, 6.45) is 1.84. The van der Waals surface area contributed by atoms with E-state index in [0.29, 0.717) is 10.4 Å². The average Bonchev–Trinajstić information content (AvgIpc) is 2.19. The quantitative estimate of drug-likeness (QED) is 0.863. The number of nitrogens with one attached hydrogen (secondary N) is 1. The zero-order valence-electron chi connectivity index (χ0n) is 8.54. The van der Waals surface area contributed by atoms with E-state index in [4.69, 9.17) is 0 Å². The number of aromatic nitrogens is 2. The average molecular weight is 267 g/mol. The fourth-order valence-electron chi connectivity index (χ4n) is 1.39. The maximum Gasteiger partial charge on any atom is 0.262 e. The van der Waals surface area contributed by atoms with Crippen LogP contribution >= 0.6 is 15.9 Å². The van der Waals surface area contributed by atoms with Crippen molar-refractivity contribution < 1.29 is 0 Å². The van der Waals surface area contributed by atoms with Crippen LogP contribution in [0.2, 0.25) is 0 Å². The summed E-state index contributed by atoms with van der Waals surface area (Å²) in [6.45, 7) is 4.19. The fourth-order valence-corrected chi connectivity index (χ4v) is 1.71. The SMILES string of the molecule is CC(C)c1cnc2cc(Br)c(=O)[nH]c2c1. The van der Waals surface area contributed by atoms with Crippen molar-refractivity contribution in [2.75, 3.05) is 0 Å². The Kier molecular flexibility index (Phi) is 2.61. The van der Waals surface area contributed by atoms with Gasteiger partial charge in [-0.2, -0.15) is 0 Å².